The van der Waals surface area contributed by atoms with Crippen molar-refractivity contribution in [2.45, 2.75) is 6.92 Å². The van der Waals surface area contributed by atoms with Crippen molar-refractivity contribution in [3.63, 3.8) is 0 Å². The van der Waals surface area contributed by atoms with Crippen LogP contribution < -0.4 is 11.1 Å². The van der Waals surface area contributed by atoms with E-state index in [4.69, 9.17) is 18.0 Å². The summed E-state index contributed by atoms with van der Waals surface area (Å²) >= 11 is 8.35. The Labute approximate surface area is 130 Å². The van der Waals surface area contributed by atoms with Crippen molar-refractivity contribution in [2.24, 2.45) is 5.73 Å². The number of nitrogens with one attached hydrogen (secondary N) is 1. The molecule has 6 heteroatoms. The molecule has 1 aromatic carbocycles. The summed E-state index contributed by atoms with van der Waals surface area (Å²) in [6.45, 7) is 1.78. The summed E-state index contributed by atoms with van der Waals surface area (Å²) < 4.78 is 0.829. The minimum Gasteiger partial charge on any atom is -0.389 e. The first-order valence-electron chi connectivity index (χ1n) is 5.81. The zero-order valence-corrected chi connectivity index (χ0v) is 13.1. The lowest BCUT2D eigenvalue weighted by Crippen LogP contribution is -2.18. The van der Waals surface area contributed by atoms with Crippen molar-refractivity contribution in [2.75, 3.05) is 5.32 Å². The van der Waals surface area contributed by atoms with E-state index in [9.17, 15) is 4.79 Å². The van der Waals surface area contributed by atoms with Gasteiger partial charge in [-0.3, -0.25) is 9.78 Å². The largest absolute Gasteiger partial charge is 0.389 e. The summed E-state index contributed by atoms with van der Waals surface area (Å²) in [5.74, 6) is -0.244. The van der Waals surface area contributed by atoms with Crippen LogP contribution in [0.15, 0.2) is 41.0 Å². The molecule has 2 rings (SSSR count). The van der Waals surface area contributed by atoms with Gasteiger partial charge < -0.3 is 11.1 Å². The van der Waals surface area contributed by atoms with Gasteiger partial charge in [-0.05, 0) is 37.3 Å². The molecule has 3 N–H and O–H groups in total. The number of aromatic nitrogens is 1. The Morgan fingerprint density at radius 2 is 2.10 bits per heavy atom. The molecule has 0 aliphatic rings. The van der Waals surface area contributed by atoms with E-state index in [0.717, 1.165) is 4.47 Å². The van der Waals surface area contributed by atoms with Gasteiger partial charge in [-0.15, -0.1) is 0 Å². The van der Waals surface area contributed by atoms with Crippen LogP contribution in [0.3, 0.4) is 0 Å². The molecule has 1 heterocycles. The van der Waals surface area contributed by atoms with Crippen LogP contribution in [0.2, 0.25) is 0 Å². The quantitative estimate of drug-likeness (QED) is 0.835. The number of hydrogen-bond donors (Lipinski definition) is 2. The number of amides is 1. The molecule has 102 valence electrons. The monoisotopic (exact) mass is 349 g/mol. The van der Waals surface area contributed by atoms with Gasteiger partial charge in [0.15, 0.2) is 0 Å². The second-order valence-corrected chi connectivity index (χ2v) is 5.50. The molecule has 0 spiro atoms. The van der Waals surface area contributed by atoms with Crippen molar-refractivity contribution in [3.05, 3.63) is 57.8 Å². The van der Waals surface area contributed by atoms with E-state index in [1.165, 1.54) is 0 Å². The van der Waals surface area contributed by atoms with Crippen molar-refractivity contribution < 1.29 is 4.79 Å². The molecule has 2 aromatic rings. The van der Waals surface area contributed by atoms with E-state index < -0.39 is 0 Å². The average Bonchev–Trinajstić information content (AvgIpc) is 2.38. The first-order valence-corrected chi connectivity index (χ1v) is 7.01. The molecule has 20 heavy (non-hydrogen) atoms. The Kier molecular flexibility index (Phi) is 4.46. The van der Waals surface area contributed by atoms with Crippen LogP contribution >= 0.6 is 28.1 Å². The average molecular weight is 350 g/mol. The van der Waals surface area contributed by atoms with Gasteiger partial charge in [-0.2, -0.15) is 0 Å². The van der Waals surface area contributed by atoms with Gasteiger partial charge in [-0.1, -0.05) is 28.1 Å². The predicted molar refractivity (Wildman–Crippen MR) is 87.0 cm³/mol. The number of pyridine rings is 1. The van der Waals surface area contributed by atoms with Crippen LogP contribution in [0.5, 0.6) is 0 Å². The normalized spacial score (nSPS) is 10.1. The van der Waals surface area contributed by atoms with E-state index in [-0.39, 0.29) is 10.9 Å². The van der Waals surface area contributed by atoms with E-state index in [1.54, 1.807) is 37.4 Å². The first-order chi connectivity index (χ1) is 9.49. The summed E-state index contributed by atoms with van der Waals surface area (Å²) in [5, 5.41) is 2.81. The molecule has 0 saturated carbocycles. The number of anilines is 1. The second kappa shape index (κ2) is 6.11. The van der Waals surface area contributed by atoms with Crippen LogP contribution in [0.1, 0.15) is 21.6 Å². The fraction of sp³-hybridized carbons (Fsp3) is 0.0714. The van der Waals surface area contributed by atoms with Crippen LogP contribution in [0.25, 0.3) is 0 Å². The topological polar surface area (TPSA) is 68.0 Å². The fourth-order valence-corrected chi connectivity index (χ4v) is 2.29. The van der Waals surface area contributed by atoms with E-state index in [0.29, 0.717) is 22.5 Å². The Morgan fingerprint density at radius 1 is 1.35 bits per heavy atom. The van der Waals surface area contributed by atoms with Gasteiger partial charge >= 0.3 is 0 Å². The van der Waals surface area contributed by atoms with Crippen molar-refractivity contribution in [1.29, 1.82) is 0 Å². The highest BCUT2D eigenvalue weighted by molar-refractivity contribution is 9.10. The molecule has 0 atom stereocenters. The highest BCUT2D eigenvalue weighted by atomic mass is 79.9. The number of nitrogens with zero attached hydrogens (tertiary/aromatic N) is 1. The van der Waals surface area contributed by atoms with Crippen LogP contribution in [-0.2, 0) is 0 Å². The first kappa shape index (κ1) is 14.6. The number of carbonyl (C=O) groups excluding carboxylic acids is 1. The van der Waals surface area contributed by atoms with Crippen LogP contribution in [0, 0.1) is 6.92 Å². The maximum atomic E-state index is 12.3. The lowest BCUT2D eigenvalue weighted by atomic mass is 10.1. The third-order valence-electron chi connectivity index (χ3n) is 2.75. The summed E-state index contributed by atoms with van der Waals surface area (Å²) in [4.78, 5) is 16.6. The molecule has 1 aromatic heterocycles. The molecule has 0 saturated heterocycles. The van der Waals surface area contributed by atoms with Crippen LogP contribution in [0.4, 0.5) is 5.69 Å². The number of aryl methyl sites for hydroxylation is 1. The smallest absolute Gasteiger partial charge is 0.257 e. The van der Waals surface area contributed by atoms with Gasteiger partial charge in [0.2, 0.25) is 0 Å². The number of halogens is 1. The molecule has 1 amide bonds. The Bertz CT molecular complexity index is 688. The number of benzene rings is 1. The lowest BCUT2D eigenvalue weighted by molar-refractivity contribution is 0.102. The van der Waals surface area contributed by atoms with E-state index in [1.807, 2.05) is 6.07 Å². The summed E-state index contributed by atoms with van der Waals surface area (Å²) in [6.07, 6.45) is 1.64. The Hall–Kier alpha value is -1.79. The predicted octanol–water partition coefficient (Wildman–Crippen LogP) is 3.04. The van der Waals surface area contributed by atoms with Crippen LogP contribution in [-0.4, -0.2) is 15.9 Å². The molecule has 0 fully saturated rings. The molecule has 0 unspecified atom stereocenters. The number of thiocarbonyl (C=S) groups is 1. The number of rotatable bonds is 3. The maximum absolute atomic E-state index is 12.3. The Balaban J connectivity index is 2.35. The highest BCUT2D eigenvalue weighted by Gasteiger charge is 2.13. The van der Waals surface area contributed by atoms with Gasteiger partial charge in [-0.25, -0.2) is 0 Å². The minimum atomic E-state index is -0.244. The minimum absolute atomic E-state index is 0.232. The SMILES string of the molecule is Cc1ncccc1C(=O)Nc1cc(Br)ccc1C(N)=S. The summed E-state index contributed by atoms with van der Waals surface area (Å²) in [6, 6.07) is 8.78. The molecule has 4 nitrogen and oxygen atoms in total. The highest BCUT2D eigenvalue weighted by Crippen LogP contribution is 2.22. The lowest BCUT2D eigenvalue weighted by Gasteiger charge is -2.11. The summed E-state index contributed by atoms with van der Waals surface area (Å²) in [7, 11) is 0. The van der Waals surface area contributed by atoms with Gasteiger partial charge in [0, 0.05) is 21.9 Å². The zero-order chi connectivity index (χ0) is 14.7. The van der Waals surface area contributed by atoms with Gasteiger partial charge in [0.1, 0.15) is 4.99 Å². The maximum Gasteiger partial charge on any atom is 0.257 e. The van der Waals surface area contributed by atoms with Crippen molar-refractivity contribution in [3.8, 4) is 0 Å². The summed E-state index contributed by atoms with van der Waals surface area (Å²) in [5.41, 5.74) is 8.03. The van der Waals surface area contributed by atoms with Crippen molar-refractivity contribution in [1.82, 2.24) is 4.98 Å². The third-order valence-corrected chi connectivity index (χ3v) is 3.46. The number of hydrogen-bond acceptors (Lipinski definition) is 3. The number of nitrogens with two attached hydrogens (primary N) is 1. The van der Waals surface area contributed by atoms with E-state index in [2.05, 4.69) is 26.2 Å². The van der Waals surface area contributed by atoms with E-state index >= 15 is 0 Å². The second-order valence-electron chi connectivity index (χ2n) is 4.14. The Morgan fingerprint density at radius 3 is 2.75 bits per heavy atom. The zero-order valence-electron chi connectivity index (χ0n) is 10.7. The molecule has 0 aliphatic heterocycles. The standard InChI is InChI=1S/C14H12BrN3OS/c1-8-10(3-2-6-17-8)14(19)18-12-7-9(15)4-5-11(12)13(16)20/h2-7H,1H3,(H2,16,20)(H,18,19). The molecule has 0 bridgehead atoms. The van der Waals surface area contributed by atoms with Gasteiger partial charge in [0.25, 0.3) is 5.91 Å². The number of carbonyl (C=O) groups is 1. The van der Waals surface area contributed by atoms with Gasteiger partial charge in [0.05, 0.1) is 11.3 Å². The molecule has 0 aliphatic carbocycles. The molecular weight excluding hydrogens is 338 g/mol. The van der Waals surface area contributed by atoms with Crippen molar-refractivity contribution >= 4 is 44.7 Å². The molecule has 0 radical (unpaired) electrons. The fourth-order valence-electron chi connectivity index (χ4n) is 1.75. The molecular formula is C14H12BrN3OS. The third kappa shape index (κ3) is 3.20.